The quantitative estimate of drug-likeness (QED) is 0.210. The van der Waals surface area contributed by atoms with Gasteiger partial charge in [0.1, 0.15) is 28.7 Å². The summed E-state index contributed by atoms with van der Waals surface area (Å²) in [5.74, 6) is -2.32. The van der Waals surface area contributed by atoms with E-state index in [2.05, 4.69) is 4.90 Å². The fraction of sp³-hybridized carbons (Fsp3) is 0.548. The number of aromatic nitrogens is 2. The molecule has 9 nitrogen and oxygen atoms in total. The van der Waals surface area contributed by atoms with Crippen molar-refractivity contribution in [3.05, 3.63) is 58.5 Å². The average molecular weight is 784 g/mol. The van der Waals surface area contributed by atoms with Crippen LogP contribution in [0.3, 0.4) is 0 Å². The SMILES string of the molecule is C/C=C1\C(=NC(C)C)C(c2cc(O)cc3ccc(F)c(CC)c23)=C(F)c2nc(OCC3(CN4CCC(C(F)(F)F)CC4)CC3)nc(N3CCOCC(C)(O)C3)c21. The van der Waals surface area contributed by atoms with Gasteiger partial charge in [-0.3, -0.25) is 4.99 Å². The number of aliphatic hydroxyl groups is 1. The number of aromatic hydroxyl groups is 1. The van der Waals surface area contributed by atoms with E-state index in [1.807, 2.05) is 25.7 Å². The van der Waals surface area contributed by atoms with Crippen LogP contribution < -0.4 is 9.64 Å². The third-order valence-corrected chi connectivity index (χ3v) is 11.3. The van der Waals surface area contributed by atoms with Crippen molar-refractivity contribution >= 4 is 39.3 Å². The molecule has 0 bridgehead atoms. The first-order valence-corrected chi connectivity index (χ1v) is 19.5. The van der Waals surface area contributed by atoms with E-state index in [1.54, 1.807) is 26.0 Å². The molecule has 1 aromatic heterocycles. The summed E-state index contributed by atoms with van der Waals surface area (Å²) in [5, 5.41) is 23.2. The molecule has 2 N–H and O–H groups in total. The number of ether oxygens (including phenoxy) is 2. The lowest BCUT2D eigenvalue weighted by molar-refractivity contribution is -0.185. The van der Waals surface area contributed by atoms with Crippen molar-refractivity contribution in [2.45, 2.75) is 84.5 Å². The minimum absolute atomic E-state index is 0.0446. The fourth-order valence-corrected chi connectivity index (χ4v) is 8.39. The second-order valence-electron chi connectivity index (χ2n) is 16.3. The summed E-state index contributed by atoms with van der Waals surface area (Å²) in [5.41, 5.74) is 0.164. The minimum Gasteiger partial charge on any atom is -0.508 e. The molecule has 7 rings (SSSR count). The first-order valence-electron chi connectivity index (χ1n) is 19.5. The van der Waals surface area contributed by atoms with Crippen molar-refractivity contribution < 1.29 is 41.6 Å². The van der Waals surface area contributed by atoms with E-state index < -0.39 is 29.3 Å². The van der Waals surface area contributed by atoms with E-state index in [1.165, 1.54) is 18.2 Å². The molecule has 0 amide bonds. The summed E-state index contributed by atoms with van der Waals surface area (Å²) >= 11 is 0. The zero-order chi connectivity index (χ0) is 40.2. The Kier molecular flexibility index (Phi) is 11.0. The zero-order valence-electron chi connectivity index (χ0n) is 32.6. The molecule has 2 aliphatic heterocycles. The molecule has 3 heterocycles. The van der Waals surface area contributed by atoms with Gasteiger partial charge in [-0.05, 0) is 113 Å². The van der Waals surface area contributed by atoms with Gasteiger partial charge in [0, 0.05) is 35.7 Å². The molecule has 4 aliphatic rings. The van der Waals surface area contributed by atoms with Gasteiger partial charge in [-0.2, -0.15) is 23.1 Å². The van der Waals surface area contributed by atoms with Crippen molar-refractivity contribution in [3.8, 4) is 11.8 Å². The van der Waals surface area contributed by atoms with Crippen molar-refractivity contribution in [1.82, 2.24) is 14.9 Å². The predicted octanol–water partition coefficient (Wildman–Crippen LogP) is 8.16. The number of nitrogens with zero attached hydrogens (tertiary/aromatic N) is 5. The number of alkyl halides is 3. The molecule has 1 saturated carbocycles. The highest BCUT2D eigenvalue weighted by Gasteiger charge is 2.48. The average Bonchev–Trinajstić information content (AvgIpc) is 3.93. The summed E-state index contributed by atoms with van der Waals surface area (Å²) in [6, 6.07) is 5.45. The molecule has 302 valence electrons. The molecule has 3 fully saturated rings. The molecule has 1 atom stereocenters. The van der Waals surface area contributed by atoms with E-state index in [9.17, 15) is 23.4 Å². The summed E-state index contributed by atoms with van der Waals surface area (Å²) in [4.78, 5) is 18.4. The number of phenols is 1. The maximum atomic E-state index is 17.9. The highest BCUT2D eigenvalue weighted by atomic mass is 19.4. The number of rotatable bonds is 9. The Hall–Kier alpha value is -4.14. The molecule has 56 heavy (non-hydrogen) atoms. The predicted molar refractivity (Wildman–Crippen MR) is 207 cm³/mol. The van der Waals surface area contributed by atoms with E-state index in [-0.39, 0.29) is 85.0 Å². The lowest BCUT2D eigenvalue weighted by Crippen LogP contribution is -2.43. The van der Waals surface area contributed by atoms with E-state index in [4.69, 9.17) is 24.4 Å². The van der Waals surface area contributed by atoms with Crippen LogP contribution in [0.4, 0.5) is 27.8 Å². The van der Waals surface area contributed by atoms with Gasteiger partial charge in [-0.1, -0.05) is 19.1 Å². The Bertz CT molecular complexity index is 2080. The zero-order valence-corrected chi connectivity index (χ0v) is 32.6. The Balaban J connectivity index is 1.36. The van der Waals surface area contributed by atoms with Crippen LogP contribution in [-0.4, -0.2) is 101 Å². The third kappa shape index (κ3) is 8.02. The number of aryl methyl sites for hydroxylation is 1. The van der Waals surface area contributed by atoms with Crippen LogP contribution in [0.1, 0.15) is 82.7 Å². The van der Waals surface area contributed by atoms with Crippen LogP contribution in [0.2, 0.25) is 0 Å². The maximum Gasteiger partial charge on any atom is 0.391 e. The van der Waals surface area contributed by atoms with Crippen LogP contribution in [-0.2, 0) is 11.2 Å². The molecule has 2 aliphatic carbocycles. The largest absolute Gasteiger partial charge is 0.508 e. The Labute approximate surface area is 323 Å². The van der Waals surface area contributed by atoms with Gasteiger partial charge in [-0.25, -0.2) is 8.78 Å². The number of phenolic OH excluding ortho intramolecular Hbond substituents is 1. The van der Waals surface area contributed by atoms with E-state index in [0.717, 1.165) is 12.8 Å². The number of hydrogen-bond donors (Lipinski definition) is 2. The van der Waals surface area contributed by atoms with Gasteiger partial charge >= 0.3 is 12.2 Å². The number of allylic oxidation sites excluding steroid dienone is 3. The van der Waals surface area contributed by atoms with Gasteiger partial charge in [0.2, 0.25) is 0 Å². The van der Waals surface area contributed by atoms with Crippen molar-refractivity contribution in [3.63, 3.8) is 0 Å². The van der Waals surface area contributed by atoms with Gasteiger partial charge < -0.3 is 29.5 Å². The standard InChI is InChI=1S/C42H50F5N5O4/c1-6-28-31(43)9-8-25-18-27(53)19-30(32(25)28)33-35(44)37-34(29(7-2)36(33)48-24(3)4)38(52-16-17-55-22-40(5,54)20-52)50-39(49-37)56-23-41(12-13-41)21-51-14-10-26(11-15-51)42(45,46)47/h7-9,18-19,24,26,53-54H,6,10-17,20-23H2,1-5H3/b29-7-,48-36?. The topological polar surface area (TPSA) is 104 Å². The number of halogens is 5. The molecule has 1 unspecified atom stereocenters. The first-order chi connectivity index (χ1) is 26.5. The van der Waals surface area contributed by atoms with Crippen molar-refractivity contribution in [2.75, 3.05) is 57.4 Å². The summed E-state index contributed by atoms with van der Waals surface area (Å²) < 4.78 is 85.4. The van der Waals surface area contributed by atoms with Crippen LogP contribution in [0, 0.1) is 17.2 Å². The number of anilines is 1. The molecular weight excluding hydrogens is 733 g/mol. The van der Waals surface area contributed by atoms with Crippen LogP contribution in [0.15, 0.2) is 35.3 Å². The number of β-amino-alcohol motifs (C(OH)–C–C–N with tert-alkyl or cyclic N) is 1. The molecule has 14 heteroatoms. The van der Waals surface area contributed by atoms with Crippen LogP contribution in [0.5, 0.6) is 11.8 Å². The number of likely N-dealkylation sites (tertiary alicyclic amines) is 1. The molecule has 2 saturated heterocycles. The van der Waals surface area contributed by atoms with Gasteiger partial charge in [0.25, 0.3) is 0 Å². The Morgan fingerprint density at radius 2 is 1.84 bits per heavy atom. The monoisotopic (exact) mass is 783 g/mol. The maximum absolute atomic E-state index is 17.9. The minimum atomic E-state index is -4.19. The van der Waals surface area contributed by atoms with Crippen molar-refractivity contribution in [1.29, 1.82) is 0 Å². The third-order valence-electron chi connectivity index (χ3n) is 11.3. The first kappa shape index (κ1) is 40.1. The van der Waals surface area contributed by atoms with Crippen LogP contribution >= 0.6 is 0 Å². The smallest absolute Gasteiger partial charge is 0.391 e. The number of piperidine rings is 1. The lowest BCUT2D eigenvalue weighted by atomic mass is 9.81. The van der Waals surface area contributed by atoms with Gasteiger partial charge in [-0.15, -0.1) is 0 Å². The number of fused-ring (bicyclic) bond motifs is 2. The Morgan fingerprint density at radius 3 is 2.48 bits per heavy atom. The normalized spacial score (nSPS) is 23.7. The molecule has 2 aromatic carbocycles. The molecular formula is C42H50F5N5O4. The summed E-state index contributed by atoms with van der Waals surface area (Å²) in [6.45, 7) is 11.2. The highest BCUT2D eigenvalue weighted by molar-refractivity contribution is 6.51. The lowest BCUT2D eigenvalue weighted by Gasteiger charge is -2.35. The van der Waals surface area contributed by atoms with E-state index >= 15 is 8.78 Å². The summed E-state index contributed by atoms with van der Waals surface area (Å²) in [6.07, 6.45) is -0.332. The number of hydrogen-bond acceptors (Lipinski definition) is 9. The number of benzene rings is 2. The van der Waals surface area contributed by atoms with Gasteiger partial charge in [0.05, 0.1) is 43.6 Å². The molecule has 0 spiro atoms. The number of aliphatic imine (C=N–C) groups is 1. The molecule has 3 aromatic rings. The van der Waals surface area contributed by atoms with Crippen LogP contribution in [0.25, 0.3) is 27.7 Å². The van der Waals surface area contributed by atoms with E-state index in [0.29, 0.717) is 65.9 Å². The second kappa shape index (κ2) is 15.3. The Morgan fingerprint density at radius 1 is 1.11 bits per heavy atom. The highest BCUT2D eigenvalue weighted by Crippen LogP contribution is 2.50. The fourth-order valence-electron chi connectivity index (χ4n) is 8.39. The molecule has 0 radical (unpaired) electrons. The second-order valence-corrected chi connectivity index (χ2v) is 16.3. The van der Waals surface area contributed by atoms with Crippen molar-refractivity contribution in [2.24, 2.45) is 16.3 Å². The summed E-state index contributed by atoms with van der Waals surface area (Å²) in [7, 11) is 0. The van der Waals surface area contributed by atoms with Gasteiger partial charge in [0.15, 0.2) is 5.83 Å².